The lowest BCUT2D eigenvalue weighted by Crippen LogP contribution is -2.41. The summed E-state index contributed by atoms with van der Waals surface area (Å²) in [6.07, 6.45) is 15.9. The first kappa shape index (κ1) is 31.5. The van der Waals surface area contributed by atoms with Gasteiger partial charge in [-0.25, -0.2) is 0 Å². The molecule has 0 fully saturated rings. The Labute approximate surface area is 183 Å². The van der Waals surface area contributed by atoms with Crippen LogP contribution in [0, 0.1) is 0 Å². The number of aliphatic carboxylic acids is 1. The second-order valence-electron chi connectivity index (χ2n) is 8.08. The molecule has 182 valence electrons. The van der Waals surface area contributed by atoms with Crippen molar-refractivity contribution in [2.24, 2.45) is 0 Å². The third-order valence-electron chi connectivity index (χ3n) is 5.16. The Bertz CT molecular complexity index is 342. The first-order valence-electron chi connectivity index (χ1n) is 11.9. The molecule has 0 aromatic carbocycles. The molecule has 0 aromatic heterocycles. The van der Waals surface area contributed by atoms with Gasteiger partial charge in [-0.3, -0.25) is 4.79 Å². The summed E-state index contributed by atoms with van der Waals surface area (Å²) in [4.78, 5) is 10.3. The van der Waals surface area contributed by atoms with Crippen molar-refractivity contribution in [3.63, 3.8) is 0 Å². The summed E-state index contributed by atoms with van der Waals surface area (Å²) in [6, 6.07) is 0. The highest BCUT2D eigenvalue weighted by Crippen LogP contribution is 2.13. The number of carbonyl (C=O) groups is 1. The first-order valence-corrected chi connectivity index (χ1v) is 11.9. The van der Waals surface area contributed by atoms with Crippen LogP contribution in [-0.2, 0) is 4.79 Å². The Hall–Kier alpha value is -0.730. The molecule has 3 atom stereocenters. The summed E-state index contributed by atoms with van der Waals surface area (Å²) in [5.41, 5.74) is 0. The molecule has 0 spiro atoms. The summed E-state index contributed by atoms with van der Waals surface area (Å²) in [5.74, 6) is -0.653. The molecular weight excluding hydrogens is 388 g/mol. The minimum absolute atomic E-state index is 0.345. The van der Waals surface area contributed by atoms with E-state index in [1.54, 1.807) is 0 Å². The molecule has 0 saturated carbocycles. The second kappa shape index (κ2) is 24.5. The van der Waals surface area contributed by atoms with E-state index in [-0.39, 0.29) is 0 Å². The Morgan fingerprint density at radius 1 is 0.600 bits per heavy atom. The van der Waals surface area contributed by atoms with Crippen molar-refractivity contribution < 1.29 is 35.4 Å². The predicted molar refractivity (Wildman–Crippen MR) is 119 cm³/mol. The van der Waals surface area contributed by atoms with Crippen LogP contribution in [0.3, 0.4) is 0 Å². The van der Waals surface area contributed by atoms with Crippen LogP contribution in [0.25, 0.3) is 0 Å². The lowest BCUT2D eigenvalue weighted by atomic mass is 10.0. The molecule has 0 aliphatic heterocycles. The van der Waals surface area contributed by atoms with E-state index in [2.05, 4.69) is 6.92 Å². The monoisotopic (exact) mass is 436 g/mol. The molecular formula is C23H48O7. The Balaban J connectivity index is 0. The molecule has 0 radical (unpaired) electrons. The van der Waals surface area contributed by atoms with Gasteiger partial charge in [0.2, 0.25) is 0 Å². The van der Waals surface area contributed by atoms with Crippen molar-refractivity contribution in [1.82, 2.24) is 0 Å². The number of hydrogen-bond acceptors (Lipinski definition) is 6. The fourth-order valence-corrected chi connectivity index (χ4v) is 3.12. The SMILES string of the molecule is CCCCCCCCCCCCCCCCCC(=O)O.OC[C@@H](O)C(O)[C@@H](O)CO. The molecule has 0 saturated heterocycles. The standard InChI is InChI=1S/C18H36O2.C5H12O5/c1-2-3-4-5-6-7-8-9-10-11-12-13-14-15-16-17-18(19)20;6-1-3(8)5(10)4(9)2-7/h2-17H2,1H3,(H,19,20);3-10H,1-2H2/t;3-,4+,5?. The smallest absolute Gasteiger partial charge is 0.303 e. The molecule has 0 heterocycles. The minimum atomic E-state index is -1.49. The summed E-state index contributed by atoms with van der Waals surface area (Å²) < 4.78 is 0. The summed E-state index contributed by atoms with van der Waals surface area (Å²) >= 11 is 0. The van der Waals surface area contributed by atoms with Gasteiger partial charge in [-0.1, -0.05) is 96.8 Å². The first-order chi connectivity index (χ1) is 14.4. The van der Waals surface area contributed by atoms with Gasteiger partial charge < -0.3 is 30.6 Å². The molecule has 30 heavy (non-hydrogen) atoms. The number of unbranched alkanes of at least 4 members (excludes halogenated alkanes) is 14. The van der Waals surface area contributed by atoms with Crippen molar-refractivity contribution in [2.75, 3.05) is 13.2 Å². The lowest BCUT2D eigenvalue weighted by Gasteiger charge is -2.19. The van der Waals surface area contributed by atoms with E-state index in [1.165, 1.54) is 83.5 Å². The van der Waals surface area contributed by atoms with Gasteiger partial charge in [-0.15, -0.1) is 0 Å². The van der Waals surface area contributed by atoms with E-state index >= 15 is 0 Å². The molecule has 0 aliphatic rings. The van der Waals surface area contributed by atoms with Crippen molar-refractivity contribution in [1.29, 1.82) is 0 Å². The minimum Gasteiger partial charge on any atom is -0.481 e. The normalized spacial score (nSPS) is 13.9. The maximum absolute atomic E-state index is 10.3. The van der Waals surface area contributed by atoms with Crippen molar-refractivity contribution in [3.05, 3.63) is 0 Å². The molecule has 0 amide bonds. The zero-order valence-corrected chi connectivity index (χ0v) is 19.1. The Morgan fingerprint density at radius 3 is 1.17 bits per heavy atom. The predicted octanol–water partition coefficient (Wildman–Crippen LogP) is 3.39. The van der Waals surface area contributed by atoms with Gasteiger partial charge >= 0.3 is 5.97 Å². The number of carboxylic acids is 1. The molecule has 0 aliphatic carbocycles. The number of rotatable bonds is 20. The molecule has 6 N–H and O–H groups in total. The summed E-state index contributed by atoms with van der Waals surface area (Å²) in [6.45, 7) is 0.989. The number of carboxylic acid groups (broad SMARTS) is 1. The molecule has 0 bridgehead atoms. The van der Waals surface area contributed by atoms with Crippen LogP contribution in [0.4, 0.5) is 0 Å². The second-order valence-corrected chi connectivity index (χ2v) is 8.08. The highest BCUT2D eigenvalue weighted by Gasteiger charge is 2.22. The van der Waals surface area contributed by atoms with Crippen LogP contribution >= 0.6 is 0 Å². The average molecular weight is 437 g/mol. The van der Waals surface area contributed by atoms with Gasteiger partial charge in [0.05, 0.1) is 13.2 Å². The van der Waals surface area contributed by atoms with E-state index in [1.807, 2.05) is 0 Å². The topological polar surface area (TPSA) is 138 Å². The highest BCUT2D eigenvalue weighted by molar-refractivity contribution is 5.66. The van der Waals surface area contributed by atoms with Crippen LogP contribution in [0.5, 0.6) is 0 Å². The van der Waals surface area contributed by atoms with Crippen molar-refractivity contribution in [3.8, 4) is 0 Å². The maximum atomic E-state index is 10.3. The van der Waals surface area contributed by atoms with Gasteiger partial charge in [0.25, 0.3) is 0 Å². The zero-order chi connectivity index (χ0) is 23.0. The van der Waals surface area contributed by atoms with Gasteiger partial charge in [-0.2, -0.15) is 0 Å². The summed E-state index contributed by atoms with van der Waals surface area (Å²) in [7, 11) is 0. The Morgan fingerprint density at radius 2 is 0.900 bits per heavy atom. The Kier molecular flexibility index (Phi) is 25.7. The number of aliphatic hydroxyl groups excluding tert-OH is 5. The largest absolute Gasteiger partial charge is 0.481 e. The van der Waals surface area contributed by atoms with Crippen LogP contribution in [0.1, 0.15) is 110 Å². The number of aliphatic hydroxyl groups is 5. The van der Waals surface area contributed by atoms with E-state index in [0.717, 1.165) is 12.8 Å². The van der Waals surface area contributed by atoms with Crippen LogP contribution < -0.4 is 0 Å². The highest BCUT2D eigenvalue weighted by atomic mass is 16.4. The zero-order valence-electron chi connectivity index (χ0n) is 19.1. The fraction of sp³-hybridized carbons (Fsp3) is 0.957. The molecule has 0 rings (SSSR count). The lowest BCUT2D eigenvalue weighted by molar-refractivity contribution is -0.137. The third kappa shape index (κ3) is 23.5. The van der Waals surface area contributed by atoms with E-state index in [4.69, 9.17) is 30.6 Å². The van der Waals surface area contributed by atoms with Gasteiger partial charge in [0, 0.05) is 6.42 Å². The van der Waals surface area contributed by atoms with Gasteiger partial charge in [-0.05, 0) is 6.42 Å². The molecule has 7 heteroatoms. The van der Waals surface area contributed by atoms with Crippen molar-refractivity contribution >= 4 is 5.97 Å². The quantitative estimate of drug-likeness (QED) is 0.161. The maximum Gasteiger partial charge on any atom is 0.303 e. The fourth-order valence-electron chi connectivity index (χ4n) is 3.12. The van der Waals surface area contributed by atoms with Gasteiger partial charge in [0.1, 0.15) is 18.3 Å². The number of hydrogen-bond donors (Lipinski definition) is 6. The van der Waals surface area contributed by atoms with Gasteiger partial charge in [0.15, 0.2) is 0 Å². The van der Waals surface area contributed by atoms with E-state index in [0.29, 0.717) is 6.42 Å². The van der Waals surface area contributed by atoms with Crippen molar-refractivity contribution in [2.45, 2.75) is 128 Å². The average Bonchev–Trinajstić information content (AvgIpc) is 2.74. The van der Waals surface area contributed by atoms with Crippen LogP contribution in [0.2, 0.25) is 0 Å². The third-order valence-corrected chi connectivity index (χ3v) is 5.16. The van der Waals surface area contributed by atoms with E-state index in [9.17, 15) is 4.79 Å². The van der Waals surface area contributed by atoms with E-state index < -0.39 is 37.5 Å². The van der Waals surface area contributed by atoms with Crippen LogP contribution in [0.15, 0.2) is 0 Å². The van der Waals surface area contributed by atoms with Crippen LogP contribution in [-0.4, -0.2) is 68.1 Å². The summed E-state index contributed by atoms with van der Waals surface area (Å²) in [5, 5.41) is 51.1. The molecule has 0 aromatic rings. The molecule has 1 unspecified atom stereocenters. The molecule has 7 nitrogen and oxygen atoms in total.